The normalized spacial score (nSPS) is 12.2. The number of nitriles is 1. The van der Waals surface area contributed by atoms with Crippen molar-refractivity contribution in [3.8, 4) is 6.07 Å². The van der Waals surface area contributed by atoms with Crippen LogP contribution in [0.4, 0.5) is 0 Å². The monoisotopic (exact) mass is 307 g/mol. The number of imidazole rings is 1. The van der Waals surface area contributed by atoms with Crippen LogP contribution in [0.25, 0.3) is 6.08 Å². The molecule has 0 aliphatic carbocycles. The Bertz CT molecular complexity index is 816. The Morgan fingerprint density at radius 2 is 2.15 bits per heavy atom. The van der Waals surface area contributed by atoms with E-state index >= 15 is 0 Å². The van der Waals surface area contributed by atoms with Gasteiger partial charge in [0.05, 0.1) is 0 Å². The largest absolute Gasteiger partial charge is 0.325 e. The van der Waals surface area contributed by atoms with E-state index in [1.165, 1.54) is 23.0 Å². The Morgan fingerprint density at radius 3 is 2.70 bits per heavy atom. The van der Waals surface area contributed by atoms with Gasteiger partial charge in [0.1, 0.15) is 6.07 Å². The standard InChI is InChI=1S/C13H10ClN3O2S/c1-17-7-6-16-13(17)20(18,19)11(9-15)8-10-4-2-3-5-12(10)14/h2-8H,1H3/b11-8-. The molecular formula is C13H10ClN3O2S. The van der Waals surface area contributed by atoms with E-state index in [1.54, 1.807) is 37.4 Å². The fraction of sp³-hybridized carbons (Fsp3) is 0.0769. The van der Waals surface area contributed by atoms with Crippen LogP contribution in [-0.2, 0) is 16.9 Å². The van der Waals surface area contributed by atoms with Crippen molar-refractivity contribution in [2.45, 2.75) is 5.16 Å². The van der Waals surface area contributed by atoms with Gasteiger partial charge < -0.3 is 4.57 Å². The second kappa shape index (κ2) is 5.49. The zero-order valence-corrected chi connectivity index (χ0v) is 12.1. The van der Waals surface area contributed by atoms with Crippen LogP contribution in [0.3, 0.4) is 0 Å². The maximum Gasteiger partial charge on any atom is 0.250 e. The van der Waals surface area contributed by atoms with Crippen LogP contribution in [0, 0.1) is 11.3 Å². The van der Waals surface area contributed by atoms with Crippen molar-refractivity contribution in [3.05, 3.63) is 52.2 Å². The number of hydrogen-bond acceptors (Lipinski definition) is 4. The number of nitrogens with zero attached hydrogens (tertiary/aromatic N) is 3. The summed E-state index contributed by atoms with van der Waals surface area (Å²) in [5, 5.41) is 9.31. The summed E-state index contributed by atoms with van der Waals surface area (Å²) in [6.45, 7) is 0. The van der Waals surface area contributed by atoms with E-state index in [0.29, 0.717) is 10.6 Å². The zero-order valence-electron chi connectivity index (χ0n) is 10.5. The van der Waals surface area contributed by atoms with E-state index in [2.05, 4.69) is 4.98 Å². The molecule has 0 unspecified atom stereocenters. The van der Waals surface area contributed by atoms with Gasteiger partial charge in [0.15, 0.2) is 4.91 Å². The molecular weight excluding hydrogens is 298 g/mol. The first kappa shape index (κ1) is 14.3. The Hall–Kier alpha value is -2.10. The van der Waals surface area contributed by atoms with Crippen molar-refractivity contribution in [1.29, 1.82) is 5.26 Å². The maximum atomic E-state index is 12.3. The van der Waals surface area contributed by atoms with Crippen molar-refractivity contribution in [3.63, 3.8) is 0 Å². The molecule has 1 heterocycles. The molecule has 0 atom stereocenters. The van der Waals surface area contributed by atoms with E-state index in [-0.39, 0.29) is 5.16 Å². The van der Waals surface area contributed by atoms with Crippen LogP contribution >= 0.6 is 11.6 Å². The quantitative estimate of drug-likeness (QED) is 0.816. The van der Waals surface area contributed by atoms with Crippen molar-refractivity contribution in [2.75, 3.05) is 0 Å². The summed E-state index contributed by atoms with van der Waals surface area (Å²) in [4.78, 5) is 3.37. The first-order chi connectivity index (χ1) is 9.46. The van der Waals surface area contributed by atoms with Gasteiger partial charge in [0.25, 0.3) is 0 Å². The van der Waals surface area contributed by atoms with Gasteiger partial charge in [-0.15, -0.1) is 0 Å². The van der Waals surface area contributed by atoms with Gasteiger partial charge in [0, 0.05) is 24.5 Å². The summed E-state index contributed by atoms with van der Waals surface area (Å²) in [6.07, 6.45) is 4.10. The van der Waals surface area contributed by atoms with E-state index in [0.717, 1.165) is 0 Å². The molecule has 5 nitrogen and oxygen atoms in total. The molecule has 0 saturated carbocycles. The van der Waals surface area contributed by atoms with Gasteiger partial charge in [0.2, 0.25) is 15.0 Å². The van der Waals surface area contributed by atoms with Crippen molar-refractivity contribution in [1.82, 2.24) is 9.55 Å². The molecule has 0 radical (unpaired) electrons. The first-order valence-electron chi connectivity index (χ1n) is 5.55. The van der Waals surface area contributed by atoms with Gasteiger partial charge in [-0.2, -0.15) is 5.26 Å². The number of aryl methyl sites for hydroxylation is 1. The third kappa shape index (κ3) is 2.59. The van der Waals surface area contributed by atoms with Crippen LogP contribution < -0.4 is 0 Å². The minimum absolute atomic E-state index is 0.183. The lowest BCUT2D eigenvalue weighted by Gasteiger charge is -2.03. The minimum Gasteiger partial charge on any atom is -0.325 e. The number of aromatic nitrogens is 2. The molecule has 0 spiro atoms. The Kier molecular flexibility index (Phi) is 3.93. The van der Waals surface area contributed by atoms with Crippen molar-refractivity contribution in [2.24, 2.45) is 7.05 Å². The molecule has 1 aromatic heterocycles. The lowest BCUT2D eigenvalue weighted by molar-refractivity contribution is 0.586. The summed E-state index contributed by atoms with van der Waals surface area (Å²) in [6, 6.07) is 8.38. The number of hydrogen-bond donors (Lipinski definition) is 0. The van der Waals surface area contributed by atoms with Gasteiger partial charge >= 0.3 is 0 Å². The minimum atomic E-state index is -3.96. The molecule has 7 heteroatoms. The zero-order chi connectivity index (χ0) is 14.8. The molecule has 0 saturated heterocycles. The van der Waals surface area contributed by atoms with Gasteiger partial charge in [-0.1, -0.05) is 29.8 Å². The third-order valence-corrected chi connectivity index (χ3v) is 4.62. The molecule has 1 aromatic carbocycles. The molecule has 0 aliphatic rings. The lowest BCUT2D eigenvalue weighted by Crippen LogP contribution is -2.09. The molecule has 0 N–H and O–H groups in total. The van der Waals surface area contributed by atoms with Gasteiger partial charge in [-0.05, 0) is 17.7 Å². The predicted molar refractivity (Wildman–Crippen MR) is 75.4 cm³/mol. The van der Waals surface area contributed by atoms with Crippen LogP contribution in [0.1, 0.15) is 5.56 Å². The highest BCUT2D eigenvalue weighted by Crippen LogP contribution is 2.23. The summed E-state index contributed by atoms with van der Waals surface area (Å²) >= 11 is 5.96. The number of benzene rings is 1. The summed E-state index contributed by atoms with van der Waals surface area (Å²) in [7, 11) is -2.41. The molecule has 0 fully saturated rings. The van der Waals surface area contributed by atoms with E-state index < -0.39 is 14.7 Å². The molecule has 20 heavy (non-hydrogen) atoms. The Morgan fingerprint density at radius 1 is 1.45 bits per heavy atom. The second-order valence-electron chi connectivity index (χ2n) is 3.97. The number of allylic oxidation sites excluding steroid dienone is 1. The second-order valence-corrected chi connectivity index (χ2v) is 6.19. The summed E-state index contributed by atoms with van der Waals surface area (Å²) < 4.78 is 26.0. The van der Waals surface area contributed by atoms with E-state index in [9.17, 15) is 8.42 Å². The van der Waals surface area contributed by atoms with Crippen LogP contribution in [0.5, 0.6) is 0 Å². The summed E-state index contributed by atoms with van der Waals surface area (Å²) in [5.41, 5.74) is 0.462. The number of rotatable bonds is 3. The topological polar surface area (TPSA) is 75.8 Å². The molecule has 0 amide bonds. The average Bonchev–Trinajstić information content (AvgIpc) is 2.84. The smallest absolute Gasteiger partial charge is 0.250 e. The lowest BCUT2D eigenvalue weighted by atomic mass is 10.2. The fourth-order valence-electron chi connectivity index (χ4n) is 1.61. The molecule has 102 valence electrons. The fourth-order valence-corrected chi connectivity index (χ4v) is 3.04. The molecule has 0 aliphatic heterocycles. The third-order valence-electron chi connectivity index (χ3n) is 2.61. The SMILES string of the molecule is Cn1ccnc1S(=O)(=O)/C(C#N)=C\c1ccccc1Cl. The van der Waals surface area contributed by atoms with Gasteiger partial charge in [-0.25, -0.2) is 13.4 Å². The van der Waals surface area contributed by atoms with Crippen molar-refractivity contribution >= 4 is 27.5 Å². The molecule has 2 rings (SSSR count). The van der Waals surface area contributed by atoms with Crippen LogP contribution in [-0.4, -0.2) is 18.0 Å². The van der Waals surface area contributed by atoms with Crippen LogP contribution in [0.2, 0.25) is 5.02 Å². The summed E-state index contributed by atoms with van der Waals surface area (Å²) in [5.74, 6) is 0. The Labute approximate surface area is 121 Å². The highest BCUT2D eigenvalue weighted by atomic mass is 35.5. The maximum absolute atomic E-state index is 12.3. The highest BCUT2D eigenvalue weighted by Gasteiger charge is 2.25. The number of halogens is 1. The van der Waals surface area contributed by atoms with E-state index in [1.807, 2.05) is 0 Å². The van der Waals surface area contributed by atoms with E-state index in [4.69, 9.17) is 16.9 Å². The first-order valence-corrected chi connectivity index (χ1v) is 7.41. The highest BCUT2D eigenvalue weighted by molar-refractivity contribution is 7.95. The Balaban J connectivity index is 2.58. The van der Waals surface area contributed by atoms with Gasteiger partial charge in [-0.3, -0.25) is 0 Å². The van der Waals surface area contributed by atoms with Crippen molar-refractivity contribution < 1.29 is 8.42 Å². The molecule has 2 aromatic rings. The average molecular weight is 308 g/mol. The predicted octanol–water partition coefficient (Wildman–Crippen LogP) is 2.41. The number of sulfone groups is 1. The van der Waals surface area contributed by atoms with Crippen LogP contribution in [0.15, 0.2) is 46.7 Å². The molecule has 0 bridgehead atoms.